The van der Waals surface area contributed by atoms with Crippen LogP contribution in [0.25, 0.3) is 12.2 Å². The van der Waals surface area contributed by atoms with Crippen molar-refractivity contribution in [2.45, 2.75) is 20.6 Å². The van der Waals surface area contributed by atoms with Gasteiger partial charge in [0.2, 0.25) is 22.4 Å². The summed E-state index contributed by atoms with van der Waals surface area (Å²) in [6, 6.07) is 31.1. The molecule has 0 saturated heterocycles. The van der Waals surface area contributed by atoms with E-state index in [1.54, 1.807) is 6.08 Å². The molecule has 8 nitrogen and oxygen atoms in total. The Morgan fingerprint density at radius 2 is 1.12 bits per heavy atom. The Morgan fingerprint density at radius 1 is 0.643 bits per heavy atom. The summed E-state index contributed by atoms with van der Waals surface area (Å²) >= 11 is 0. The molecule has 0 aliphatic heterocycles. The average molecular weight is 567 g/mol. The maximum atomic E-state index is 12.1. The van der Waals surface area contributed by atoms with Crippen molar-refractivity contribution < 1.29 is 28.2 Å². The standard InChI is InChI=1S/C20H16O3.C13H10O5.CH4/c21-18-13-14-22-19(12-11-16-7-3-1-4-8-16)20(18)23-15-17-9-5-2-6-10-17;14-10-6-7-17-12(13(15)16)11(10)18-8-9-4-2-1-3-5-9;/h1-14H,15H2;1-7H,8H2,(H,15,16);1H4/b12-11+;;. The molecule has 2 heterocycles. The molecule has 0 amide bonds. The molecule has 42 heavy (non-hydrogen) atoms. The lowest BCUT2D eigenvalue weighted by atomic mass is 10.2. The highest BCUT2D eigenvalue weighted by molar-refractivity contribution is 5.87. The first kappa shape index (κ1) is 30.9. The molecule has 5 aromatic rings. The van der Waals surface area contributed by atoms with Crippen LogP contribution in [0.15, 0.2) is 134 Å². The van der Waals surface area contributed by atoms with Gasteiger partial charge in [-0.3, -0.25) is 9.59 Å². The number of benzene rings is 3. The number of rotatable bonds is 9. The number of carboxylic acid groups (broad SMARTS) is 1. The summed E-state index contributed by atoms with van der Waals surface area (Å²) in [5.41, 5.74) is 2.13. The van der Waals surface area contributed by atoms with Gasteiger partial charge in [-0.15, -0.1) is 0 Å². The van der Waals surface area contributed by atoms with E-state index < -0.39 is 17.2 Å². The van der Waals surface area contributed by atoms with E-state index in [1.807, 2.05) is 97.1 Å². The molecule has 0 unspecified atom stereocenters. The SMILES string of the molecule is C.O=C(O)c1occc(=O)c1OCc1ccccc1.O=c1ccoc(/C=C/c2ccccc2)c1OCc1ccccc1. The van der Waals surface area contributed by atoms with Gasteiger partial charge >= 0.3 is 5.97 Å². The van der Waals surface area contributed by atoms with Crippen molar-refractivity contribution in [1.82, 2.24) is 0 Å². The first-order valence-electron chi connectivity index (χ1n) is 12.5. The van der Waals surface area contributed by atoms with Crippen LogP contribution in [0.1, 0.15) is 40.4 Å². The zero-order valence-corrected chi connectivity index (χ0v) is 21.8. The van der Waals surface area contributed by atoms with Gasteiger partial charge in [-0.2, -0.15) is 0 Å². The summed E-state index contributed by atoms with van der Waals surface area (Å²) in [6.45, 7) is 0.428. The second kappa shape index (κ2) is 15.8. The molecule has 2 aromatic heterocycles. The van der Waals surface area contributed by atoms with Crippen LogP contribution >= 0.6 is 0 Å². The quantitative estimate of drug-likeness (QED) is 0.204. The van der Waals surface area contributed by atoms with E-state index in [0.717, 1.165) is 29.0 Å². The van der Waals surface area contributed by atoms with Crippen molar-refractivity contribution in [3.05, 3.63) is 164 Å². The van der Waals surface area contributed by atoms with Crippen LogP contribution in [-0.2, 0) is 13.2 Å². The van der Waals surface area contributed by atoms with Gasteiger partial charge in [0.1, 0.15) is 13.2 Å². The fraction of sp³-hybridized carbons (Fsp3) is 0.0882. The van der Waals surface area contributed by atoms with Gasteiger partial charge in [0, 0.05) is 12.1 Å². The van der Waals surface area contributed by atoms with Crippen molar-refractivity contribution >= 4 is 18.1 Å². The zero-order valence-electron chi connectivity index (χ0n) is 21.8. The summed E-state index contributed by atoms with van der Waals surface area (Å²) in [6.07, 6.45) is 6.04. The van der Waals surface area contributed by atoms with E-state index in [4.69, 9.17) is 23.4 Å². The highest BCUT2D eigenvalue weighted by Crippen LogP contribution is 2.18. The minimum atomic E-state index is -1.34. The van der Waals surface area contributed by atoms with E-state index in [2.05, 4.69) is 0 Å². The molecule has 1 N–H and O–H groups in total. The summed E-state index contributed by atoms with van der Waals surface area (Å²) < 4.78 is 21.1. The Morgan fingerprint density at radius 3 is 1.67 bits per heavy atom. The van der Waals surface area contributed by atoms with E-state index in [-0.39, 0.29) is 31.0 Å². The van der Waals surface area contributed by atoms with Crippen LogP contribution in [0.3, 0.4) is 0 Å². The molecule has 0 fully saturated rings. The molecule has 5 rings (SSSR count). The van der Waals surface area contributed by atoms with Gasteiger partial charge in [-0.25, -0.2) is 4.79 Å². The van der Waals surface area contributed by atoms with E-state index in [0.29, 0.717) is 12.4 Å². The predicted octanol–water partition coefficient (Wildman–Crippen LogP) is 6.94. The van der Waals surface area contributed by atoms with Crippen LogP contribution in [0.4, 0.5) is 0 Å². The lowest BCUT2D eigenvalue weighted by Gasteiger charge is -2.07. The van der Waals surface area contributed by atoms with Crippen molar-refractivity contribution in [2.75, 3.05) is 0 Å². The van der Waals surface area contributed by atoms with Crippen LogP contribution in [0.2, 0.25) is 0 Å². The lowest BCUT2D eigenvalue weighted by molar-refractivity contribution is 0.0650. The molecule has 0 bridgehead atoms. The van der Waals surface area contributed by atoms with Crippen LogP contribution in [-0.4, -0.2) is 11.1 Å². The van der Waals surface area contributed by atoms with Gasteiger partial charge in [0.25, 0.3) is 5.76 Å². The van der Waals surface area contributed by atoms with Gasteiger partial charge in [-0.1, -0.05) is 104 Å². The lowest BCUT2D eigenvalue weighted by Crippen LogP contribution is -2.12. The Balaban J connectivity index is 0.000000232. The third kappa shape index (κ3) is 8.96. The number of hydrogen-bond donors (Lipinski definition) is 1. The number of ether oxygens (including phenoxy) is 2. The van der Waals surface area contributed by atoms with E-state index in [9.17, 15) is 14.4 Å². The average Bonchev–Trinajstić information content (AvgIpc) is 3.00. The number of carboxylic acids is 1. The summed E-state index contributed by atoms with van der Waals surface area (Å²) in [7, 11) is 0. The van der Waals surface area contributed by atoms with Gasteiger partial charge in [-0.05, 0) is 22.8 Å². The van der Waals surface area contributed by atoms with Crippen molar-refractivity contribution in [2.24, 2.45) is 0 Å². The molecular formula is C34H30O8. The minimum Gasteiger partial charge on any atom is -0.481 e. The molecule has 3 aromatic carbocycles. The fourth-order valence-electron chi connectivity index (χ4n) is 3.56. The van der Waals surface area contributed by atoms with E-state index >= 15 is 0 Å². The Kier molecular flexibility index (Phi) is 11.7. The highest BCUT2D eigenvalue weighted by atomic mass is 16.5. The van der Waals surface area contributed by atoms with Crippen molar-refractivity contribution in [3.8, 4) is 11.5 Å². The maximum absolute atomic E-state index is 12.1. The van der Waals surface area contributed by atoms with Gasteiger partial charge < -0.3 is 23.4 Å². The minimum absolute atomic E-state index is 0. The summed E-state index contributed by atoms with van der Waals surface area (Å²) in [5.74, 6) is -1.47. The number of aromatic carboxylic acids is 1. The largest absolute Gasteiger partial charge is 0.481 e. The molecule has 0 saturated carbocycles. The van der Waals surface area contributed by atoms with Gasteiger partial charge in [0.05, 0.1) is 12.5 Å². The van der Waals surface area contributed by atoms with Crippen LogP contribution in [0.5, 0.6) is 11.5 Å². The Bertz CT molecular complexity index is 1690. The van der Waals surface area contributed by atoms with Crippen molar-refractivity contribution in [1.29, 1.82) is 0 Å². The molecule has 0 aliphatic carbocycles. The molecular weight excluding hydrogens is 536 g/mol. The molecule has 0 spiro atoms. The third-order valence-electron chi connectivity index (χ3n) is 5.57. The third-order valence-corrected chi connectivity index (χ3v) is 5.57. The topological polar surface area (TPSA) is 116 Å². The fourth-order valence-corrected chi connectivity index (χ4v) is 3.56. The molecule has 0 aliphatic rings. The highest BCUT2D eigenvalue weighted by Gasteiger charge is 2.17. The predicted molar refractivity (Wildman–Crippen MR) is 161 cm³/mol. The summed E-state index contributed by atoms with van der Waals surface area (Å²) in [4.78, 5) is 34.4. The van der Waals surface area contributed by atoms with Crippen LogP contribution in [0, 0.1) is 0 Å². The number of hydrogen-bond acceptors (Lipinski definition) is 7. The molecule has 8 heteroatoms. The normalized spacial score (nSPS) is 10.2. The second-order valence-electron chi connectivity index (χ2n) is 8.52. The second-order valence-corrected chi connectivity index (χ2v) is 8.52. The first-order chi connectivity index (χ1) is 20.0. The first-order valence-corrected chi connectivity index (χ1v) is 12.5. The molecule has 0 atom stereocenters. The Labute approximate surface area is 242 Å². The van der Waals surface area contributed by atoms with Crippen molar-refractivity contribution in [3.63, 3.8) is 0 Å². The molecule has 214 valence electrons. The monoisotopic (exact) mass is 566 g/mol. The summed E-state index contributed by atoms with van der Waals surface area (Å²) in [5, 5.41) is 8.87. The molecule has 0 radical (unpaired) electrons. The van der Waals surface area contributed by atoms with Crippen LogP contribution < -0.4 is 20.3 Å². The zero-order chi connectivity index (χ0) is 28.9. The van der Waals surface area contributed by atoms with Gasteiger partial charge in [0.15, 0.2) is 5.76 Å². The maximum Gasteiger partial charge on any atom is 0.375 e. The van der Waals surface area contributed by atoms with E-state index in [1.165, 1.54) is 12.3 Å². The smallest absolute Gasteiger partial charge is 0.375 e. The Hall–Kier alpha value is -5.63. The number of carbonyl (C=O) groups is 1.